The first-order valence-electron chi connectivity index (χ1n) is 4.34. The van der Waals surface area contributed by atoms with Gasteiger partial charge in [0, 0.05) is 5.33 Å². The van der Waals surface area contributed by atoms with Crippen molar-refractivity contribution in [2.24, 2.45) is 5.41 Å². The Balaban J connectivity index is 4.62. The van der Waals surface area contributed by atoms with Crippen LogP contribution in [0.5, 0.6) is 0 Å². The second kappa shape index (κ2) is 4.25. The Hall–Kier alpha value is 0.657. The van der Waals surface area contributed by atoms with E-state index in [0.29, 0.717) is 0 Å². The SMILES string of the molecule is C[Si](C)C(O)(CCBr)C(C)(C)C. The highest BCUT2D eigenvalue weighted by molar-refractivity contribution is 9.09. The molecule has 73 valence electrons. The number of aliphatic hydroxyl groups is 1. The van der Waals surface area contributed by atoms with Crippen molar-refractivity contribution in [1.29, 1.82) is 0 Å². The standard InChI is InChI=1S/C9H20BrOSi/c1-8(2,3)9(11,6-7-10)12(4)5/h11H,6-7H2,1-5H3. The minimum absolute atomic E-state index is 0.00142. The lowest BCUT2D eigenvalue weighted by Gasteiger charge is -2.43. The highest BCUT2D eigenvalue weighted by Crippen LogP contribution is 2.35. The van der Waals surface area contributed by atoms with E-state index in [1.165, 1.54) is 0 Å². The summed E-state index contributed by atoms with van der Waals surface area (Å²) < 4.78 is 0. The van der Waals surface area contributed by atoms with E-state index in [1.54, 1.807) is 0 Å². The third-order valence-electron chi connectivity index (χ3n) is 2.52. The van der Waals surface area contributed by atoms with Crippen molar-refractivity contribution in [3.05, 3.63) is 0 Å². The van der Waals surface area contributed by atoms with Crippen LogP contribution in [0.1, 0.15) is 27.2 Å². The number of alkyl halides is 1. The summed E-state index contributed by atoms with van der Waals surface area (Å²) in [7, 11) is -0.666. The molecule has 12 heavy (non-hydrogen) atoms. The molecule has 1 nitrogen and oxygen atoms in total. The van der Waals surface area contributed by atoms with Gasteiger partial charge >= 0.3 is 0 Å². The molecule has 0 fully saturated rings. The molecule has 0 aliphatic heterocycles. The molecule has 0 saturated carbocycles. The smallest absolute Gasteiger partial charge is 0.0828 e. The minimum atomic E-state index is -0.666. The van der Waals surface area contributed by atoms with Gasteiger partial charge in [0.05, 0.1) is 14.0 Å². The molecule has 0 aliphatic rings. The zero-order chi connectivity index (χ0) is 9.99. The van der Waals surface area contributed by atoms with Gasteiger partial charge in [-0.15, -0.1) is 0 Å². The molecule has 0 rings (SSSR count). The van der Waals surface area contributed by atoms with E-state index >= 15 is 0 Å². The third-order valence-corrected chi connectivity index (χ3v) is 5.58. The molecule has 1 unspecified atom stereocenters. The van der Waals surface area contributed by atoms with E-state index in [4.69, 9.17) is 0 Å². The van der Waals surface area contributed by atoms with Crippen LogP contribution in [0.3, 0.4) is 0 Å². The van der Waals surface area contributed by atoms with Gasteiger partial charge < -0.3 is 5.11 Å². The maximum Gasteiger partial charge on any atom is 0.0828 e. The predicted octanol–water partition coefficient (Wildman–Crippen LogP) is 2.84. The molecule has 1 radical (unpaired) electrons. The Bertz CT molecular complexity index is 142. The van der Waals surface area contributed by atoms with Gasteiger partial charge in [0.15, 0.2) is 0 Å². The summed E-state index contributed by atoms with van der Waals surface area (Å²) in [4.78, 5) is 0. The van der Waals surface area contributed by atoms with Gasteiger partial charge in [0.1, 0.15) is 0 Å². The second-order valence-electron chi connectivity index (χ2n) is 4.55. The van der Waals surface area contributed by atoms with Gasteiger partial charge in [-0.25, -0.2) is 0 Å². The fourth-order valence-corrected chi connectivity index (χ4v) is 4.58. The Morgan fingerprint density at radius 1 is 1.25 bits per heavy atom. The van der Waals surface area contributed by atoms with Crippen molar-refractivity contribution < 1.29 is 5.11 Å². The van der Waals surface area contributed by atoms with Crippen LogP contribution < -0.4 is 0 Å². The van der Waals surface area contributed by atoms with Crippen molar-refractivity contribution in [2.45, 2.75) is 45.5 Å². The molecule has 0 amide bonds. The minimum Gasteiger partial charge on any atom is -0.393 e. The fraction of sp³-hybridized carbons (Fsp3) is 1.00. The van der Waals surface area contributed by atoms with E-state index in [9.17, 15) is 5.11 Å². The molecule has 1 N–H and O–H groups in total. The fourth-order valence-electron chi connectivity index (χ4n) is 1.51. The van der Waals surface area contributed by atoms with Crippen molar-refractivity contribution in [3.63, 3.8) is 0 Å². The molecular weight excluding hydrogens is 232 g/mol. The molecule has 3 heteroatoms. The topological polar surface area (TPSA) is 20.2 Å². The average molecular weight is 252 g/mol. The molecular formula is C9H20BrOSi. The maximum absolute atomic E-state index is 10.4. The zero-order valence-corrected chi connectivity index (χ0v) is 11.3. The average Bonchev–Trinajstić information content (AvgIpc) is 1.85. The van der Waals surface area contributed by atoms with Gasteiger partial charge in [-0.1, -0.05) is 49.8 Å². The lowest BCUT2D eigenvalue weighted by molar-refractivity contribution is 0.0107. The normalized spacial score (nSPS) is 18.0. The van der Waals surface area contributed by atoms with Gasteiger partial charge in [-0.05, 0) is 11.8 Å². The molecule has 0 heterocycles. The number of hydrogen-bond donors (Lipinski definition) is 1. The summed E-state index contributed by atoms with van der Waals surface area (Å²) in [5.74, 6) is 0. The van der Waals surface area contributed by atoms with Crippen LogP contribution in [-0.2, 0) is 0 Å². The lowest BCUT2D eigenvalue weighted by Crippen LogP contribution is -2.53. The lowest BCUT2D eigenvalue weighted by atomic mass is 9.86. The van der Waals surface area contributed by atoms with Gasteiger partial charge in [0.25, 0.3) is 0 Å². The molecule has 0 aliphatic carbocycles. The monoisotopic (exact) mass is 251 g/mol. The van der Waals surface area contributed by atoms with Gasteiger partial charge in [-0.2, -0.15) is 0 Å². The molecule has 1 atom stereocenters. The summed E-state index contributed by atoms with van der Waals surface area (Å²) in [5.41, 5.74) is -0.00142. The summed E-state index contributed by atoms with van der Waals surface area (Å²) in [6, 6.07) is 0. The van der Waals surface area contributed by atoms with Crippen LogP contribution in [0, 0.1) is 5.41 Å². The zero-order valence-electron chi connectivity index (χ0n) is 8.74. The summed E-state index contributed by atoms with van der Waals surface area (Å²) in [5, 5.41) is 10.9. The van der Waals surface area contributed by atoms with Gasteiger partial charge in [0.2, 0.25) is 0 Å². The Morgan fingerprint density at radius 2 is 1.67 bits per heavy atom. The Kier molecular flexibility index (Phi) is 4.48. The maximum atomic E-state index is 10.4. The molecule has 0 aromatic carbocycles. The summed E-state index contributed by atoms with van der Waals surface area (Å²) in [6.45, 7) is 10.7. The molecule has 0 aromatic heterocycles. The van der Waals surface area contributed by atoms with E-state index in [0.717, 1.165) is 11.8 Å². The largest absolute Gasteiger partial charge is 0.393 e. The van der Waals surface area contributed by atoms with Crippen LogP contribution >= 0.6 is 15.9 Å². The van der Waals surface area contributed by atoms with Crippen LogP contribution in [0.25, 0.3) is 0 Å². The van der Waals surface area contributed by atoms with E-state index in [-0.39, 0.29) is 5.41 Å². The predicted molar refractivity (Wildman–Crippen MR) is 60.3 cm³/mol. The van der Waals surface area contributed by atoms with Crippen molar-refractivity contribution >= 4 is 24.7 Å². The highest BCUT2D eigenvalue weighted by Gasteiger charge is 2.42. The quantitative estimate of drug-likeness (QED) is 0.605. The number of halogens is 1. The van der Waals surface area contributed by atoms with Crippen molar-refractivity contribution in [2.75, 3.05) is 5.33 Å². The van der Waals surface area contributed by atoms with E-state index in [1.807, 2.05) is 0 Å². The first-order valence-corrected chi connectivity index (χ1v) is 7.97. The van der Waals surface area contributed by atoms with Gasteiger partial charge in [-0.3, -0.25) is 0 Å². The van der Waals surface area contributed by atoms with Crippen LogP contribution in [-0.4, -0.2) is 24.5 Å². The van der Waals surface area contributed by atoms with Crippen molar-refractivity contribution in [3.8, 4) is 0 Å². The Labute approximate surface area is 86.3 Å². The first kappa shape index (κ1) is 12.7. The molecule has 0 spiro atoms. The summed E-state index contributed by atoms with van der Waals surface area (Å²) >= 11 is 3.40. The van der Waals surface area contributed by atoms with E-state index < -0.39 is 14.0 Å². The number of rotatable bonds is 3. The Morgan fingerprint density at radius 3 is 1.75 bits per heavy atom. The highest BCUT2D eigenvalue weighted by atomic mass is 79.9. The number of hydrogen-bond acceptors (Lipinski definition) is 1. The van der Waals surface area contributed by atoms with E-state index in [2.05, 4.69) is 49.8 Å². The van der Waals surface area contributed by atoms with Crippen LogP contribution in [0.15, 0.2) is 0 Å². The van der Waals surface area contributed by atoms with Crippen LogP contribution in [0.2, 0.25) is 13.1 Å². The third kappa shape index (κ3) is 2.57. The van der Waals surface area contributed by atoms with Crippen molar-refractivity contribution in [1.82, 2.24) is 0 Å². The summed E-state index contributed by atoms with van der Waals surface area (Å²) in [6.07, 6.45) is 0.859. The first-order chi connectivity index (χ1) is 5.25. The van der Waals surface area contributed by atoms with Crippen LogP contribution in [0.4, 0.5) is 0 Å². The molecule has 0 bridgehead atoms. The second-order valence-corrected chi connectivity index (χ2v) is 8.17. The molecule has 0 aromatic rings. The molecule has 0 saturated heterocycles.